The molecule has 0 saturated carbocycles. The van der Waals surface area contributed by atoms with Gasteiger partial charge in [-0.3, -0.25) is 14.2 Å². The summed E-state index contributed by atoms with van der Waals surface area (Å²) in [5, 5.41) is 3.35. The van der Waals surface area contributed by atoms with Crippen molar-refractivity contribution < 1.29 is 4.79 Å². The van der Waals surface area contributed by atoms with Crippen molar-refractivity contribution in [3.8, 4) is 0 Å². The van der Waals surface area contributed by atoms with Crippen molar-refractivity contribution >= 4 is 39.9 Å². The van der Waals surface area contributed by atoms with E-state index in [0.717, 1.165) is 26.1 Å². The summed E-state index contributed by atoms with van der Waals surface area (Å²) in [6.45, 7) is 12.5. The minimum Gasteiger partial charge on any atom is -0.381 e. The SMILES string of the molecule is C=C=c1sc(=C(C)CNc2cccc(N(C)C(=O)C(C)C)c2)c(=O)n1CC. The molecule has 2 aromatic rings. The fourth-order valence-corrected chi connectivity index (χ4v) is 3.78. The molecule has 27 heavy (non-hydrogen) atoms. The van der Waals surface area contributed by atoms with Gasteiger partial charge < -0.3 is 10.2 Å². The van der Waals surface area contributed by atoms with Crippen LogP contribution in [0.15, 0.2) is 35.6 Å². The molecule has 0 atom stereocenters. The topological polar surface area (TPSA) is 54.3 Å². The largest absolute Gasteiger partial charge is 0.381 e. The van der Waals surface area contributed by atoms with Gasteiger partial charge >= 0.3 is 0 Å². The fraction of sp³-hybridized carbons (Fsp3) is 0.381. The molecule has 1 heterocycles. The van der Waals surface area contributed by atoms with Crippen molar-refractivity contribution in [1.29, 1.82) is 0 Å². The van der Waals surface area contributed by atoms with Gasteiger partial charge in [-0.1, -0.05) is 32.2 Å². The molecular weight excluding hydrogens is 358 g/mol. The third kappa shape index (κ3) is 4.59. The normalized spacial score (nSPS) is 11.9. The molecule has 1 amide bonds. The van der Waals surface area contributed by atoms with Crippen molar-refractivity contribution in [2.24, 2.45) is 5.92 Å². The number of thiazole rings is 1. The number of benzene rings is 1. The minimum absolute atomic E-state index is 0.00367. The Morgan fingerprint density at radius 3 is 2.67 bits per heavy atom. The molecule has 144 valence electrons. The first-order valence-electron chi connectivity index (χ1n) is 9.01. The summed E-state index contributed by atoms with van der Waals surface area (Å²) in [6.07, 6.45) is 0. The first-order valence-corrected chi connectivity index (χ1v) is 9.82. The Kier molecular flexibility index (Phi) is 6.83. The second-order valence-corrected chi connectivity index (χ2v) is 7.70. The van der Waals surface area contributed by atoms with E-state index in [0.29, 0.717) is 13.1 Å². The average Bonchev–Trinajstić information content (AvgIpc) is 3.00. The maximum absolute atomic E-state index is 12.5. The summed E-state index contributed by atoms with van der Waals surface area (Å²) in [5.74, 6) is 0.0134. The number of rotatable bonds is 6. The maximum atomic E-state index is 12.5. The first-order chi connectivity index (χ1) is 12.8. The van der Waals surface area contributed by atoms with Gasteiger partial charge in [-0.15, -0.1) is 11.3 Å². The van der Waals surface area contributed by atoms with Crippen LogP contribution < -0.4 is 25.0 Å². The van der Waals surface area contributed by atoms with Crippen LogP contribution in [0.3, 0.4) is 0 Å². The smallest absolute Gasteiger partial charge is 0.269 e. The van der Waals surface area contributed by atoms with E-state index >= 15 is 0 Å². The number of hydrogen-bond acceptors (Lipinski definition) is 4. The Morgan fingerprint density at radius 1 is 1.41 bits per heavy atom. The average molecular weight is 386 g/mol. The van der Waals surface area contributed by atoms with E-state index < -0.39 is 0 Å². The monoisotopic (exact) mass is 385 g/mol. The van der Waals surface area contributed by atoms with E-state index in [9.17, 15) is 9.59 Å². The van der Waals surface area contributed by atoms with Crippen LogP contribution >= 0.6 is 11.3 Å². The van der Waals surface area contributed by atoms with E-state index in [1.807, 2.05) is 52.0 Å². The third-order valence-electron chi connectivity index (χ3n) is 4.35. The van der Waals surface area contributed by atoms with Gasteiger partial charge in [0.2, 0.25) is 5.91 Å². The molecule has 1 aromatic heterocycles. The summed E-state index contributed by atoms with van der Waals surface area (Å²) < 4.78 is 3.16. The molecule has 0 radical (unpaired) electrons. The predicted molar refractivity (Wildman–Crippen MR) is 115 cm³/mol. The van der Waals surface area contributed by atoms with Crippen LogP contribution in [0.4, 0.5) is 11.4 Å². The number of amides is 1. The first kappa shape index (κ1) is 20.7. The number of hydrogen-bond donors (Lipinski definition) is 1. The number of nitrogens with one attached hydrogen (secondary N) is 1. The van der Waals surface area contributed by atoms with E-state index in [1.54, 1.807) is 16.5 Å². The minimum atomic E-state index is -0.0578. The van der Waals surface area contributed by atoms with Crippen LogP contribution in [0.5, 0.6) is 0 Å². The molecule has 1 N–H and O–H groups in total. The lowest BCUT2D eigenvalue weighted by molar-refractivity contribution is -0.121. The summed E-state index contributed by atoms with van der Waals surface area (Å²) in [7, 11) is 1.78. The van der Waals surface area contributed by atoms with E-state index in [-0.39, 0.29) is 17.4 Å². The lowest BCUT2D eigenvalue weighted by atomic mass is 10.1. The van der Waals surface area contributed by atoms with Crippen LogP contribution in [-0.2, 0) is 11.3 Å². The summed E-state index contributed by atoms with van der Waals surface area (Å²) in [4.78, 5) is 26.4. The zero-order valence-corrected chi connectivity index (χ0v) is 17.4. The van der Waals surface area contributed by atoms with Gasteiger partial charge in [-0.2, -0.15) is 0 Å². The third-order valence-corrected chi connectivity index (χ3v) is 5.64. The molecule has 0 bridgehead atoms. The van der Waals surface area contributed by atoms with E-state index in [1.165, 1.54) is 11.3 Å². The Morgan fingerprint density at radius 2 is 2.11 bits per heavy atom. The number of aromatic nitrogens is 1. The highest BCUT2D eigenvalue weighted by atomic mass is 32.1. The molecule has 6 heteroatoms. The predicted octanol–water partition coefficient (Wildman–Crippen LogP) is 2.40. The maximum Gasteiger partial charge on any atom is 0.269 e. The van der Waals surface area contributed by atoms with Crippen LogP contribution in [0, 0.1) is 5.92 Å². The van der Waals surface area contributed by atoms with Crippen molar-refractivity contribution in [2.45, 2.75) is 34.2 Å². The Hall–Kier alpha value is -2.56. The summed E-state index contributed by atoms with van der Waals surface area (Å²) in [5.41, 5.74) is 5.54. The molecule has 1 aromatic carbocycles. The highest BCUT2D eigenvalue weighted by Crippen LogP contribution is 2.20. The molecule has 2 rings (SSSR count). The second kappa shape index (κ2) is 8.89. The van der Waals surface area contributed by atoms with Crippen molar-refractivity contribution in [1.82, 2.24) is 4.57 Å². The number of carbonyl (C=O) groups excluding carboxylic acids is 1. The van der Waals surface area contributed by atoms with Crippen molar-refractivity contribution in [3.63, 3.8) is 0 Å². The van der Waals surface area contributed by atoms with Crippen LogP contribution in [0.25, 0.3) is 11.3 Å². The molecule has 0 spiro atoms. The number of carbonyl (C=O) groups is 1. The molecule has 0 fully saturated rings. The van der Waals surface area contributed by atoms with Gasteiger partial charge in [-0.05, 0) is 37.6 Å². The molecular formula is C21H27N3O2S. The van der Waals surface area contributed by atoms with Gasteiger partial charge in [0.1, 0.15) is 4.66 Å². The van der Waals surface area contributed by atoms with Gasteiger partial charge in [0.05, 0.1) is 4.53 Å². The van der Waals surface area contributed by atoms with Crippen LogP contribution in [0.1, 0.15) is 27.7 Å². The lowest BCUT2D eigenvalue weighted by Gasteiger charge is -2.20. The molecule has 5 nitrogen and oxygen atoms in total. The summed E-state index contributed by atoms with van der Waals surface area (Å²) in [6, 6.07) is 7.71. The Balaban J connectivity index is 2.26. The van der Waals surface area contributed by atoms with Crippen molar-refractivity contribution in [2.75, 3.05) is 23.8 Å². The fourth-order valence-electron chi connectivity index (χ4n) is 2.75. The number of anilines is 2. The van der Waals surface area contributed by atoms with Gasteiger partial charge in [0.15, 0.2) is 0 Å². The van der Waals surface area contributed by atoms with E-state index in [2.05, 4.69) is 17.6 Å². The second-order valence-electron chi connectivity index (χ2n) is 6.70. The molecule has 0 aliphatic carbocycles. The lowest BCUT2D eigenvalue weighted by Crippen LogP contribution is -2.32. The molecule has 0 saturated heterocycles. The van der Waals surface area contributed by atoms with E-state index in [4.69, 9.17) is 0 Å². The molecule has 0 aliphatic rings. The number of nitrogens with zero attached hydrogens (tertiary/aromatic N) is 2. The zero-order valence-electron chi connectivity index (χ0n) is 16.6. The molecule has 0 unspecified atom stereocenters. The quantitative estimate of drug-likeness (QED) is 0.831. The van der Waals surface area contributed by atoms with Crippen LogP contribution in [0.2, 0.25) is 0 Å². The van der Waals surface area contributed by atoms with Gasteiger partial charge in [0, 0.05) is 37.4 Å². The highest BCUT2D eigenvalue weighted by molar-refractivity contribution is 7.07. The summed E-state index contributed by atoms with van der Waals surface area (Å²) >= 11 is 1.42. The molecule has 0 aliphatic heterocycles. The van der Waals surface area contributed by atoms with Gasteiger partial charge in [-0.25, -0.2) is 0 Å². The Labute approximate surface area is 164 Å². The van der Waals surface area contributed by atoms with Gasteiger partial charge in [0.25, 0.3) is 5.56 Å². The zero-order chi connectivity index (χ0) is 20.1. The van der Waals surface area contributed by atoms with Crippen molar-refractivity contribution in [3.05, 3.63) is 50.4 Å². The Bertz CT molecular complexity index is 1030. The van der Waals surface area contributed by atoms with Crippen LogP contribution in [-0.4, -0.2) is 24.1 Å². The standard InChI is InChI=1S/C21H27N3O2S/c1-7-18-24(8-2)21(26)19(27-18)15(5)13-22-16-10-9-11-17(12-16)23(6)20(25)14(3)4/h9-12,14,22H,1,8,13H2,2-6H3. The highest BCUT2D eigenvalue weighted by Gasteiger charge is 2.14.